The zero-order valence-corrected chi connectivity index (χ0v) is 13.3. The van der Waals surface area contributed by atoms with Crippen molar-refractivity contribution in [1.82, 2.24) is 15.2 Å². The molecule has 1 N–H and O–H groups in total. The van der Waals surface area contributed by atoms with Gasteiger partial charge in [-0.1, -0.05) is 6.92 Å². The Labute approximate surface area is 120 Å². The van der Waals surface area contributed by atoms with Gasteiger partial charge in [0, 0.05) is 23.5 Å². The van der Waals surface area contributed by atoms with Gasteiger partial charge in [-0.3, -0.25) is 4.90 Å². The Morgan fingerprint density at radius 1 is 1.42 bits per heavy atom. The molecule has 0 spiro atoms. The summed E-state index contributed by atoms with van der Waals surface area (Å²) < 4.78 is 0. The van der Waals surface area contributed by atoms with Gasteiger partial charge in [0.25, 0.3) is 0 Å². The molecule has 2 saturated heterocycles. The third-order valence-corrected chi connectivity index (χ3v) is 6.24. The van der Waals surface area contributed by atoms with E-state index in [0.717, 1.165) is 17.9 Å². The molecule has 106 valence electrons. The van der Waals surface area contributed by atoms with Gasteiger partial charge in [-0.2, -0.15) is 0 Å². The highest BCUT2D eigenvalue weighted by molar-refractivity contribution is 7.11. The van der Waals surface area contributed by atoms with Crippen LogP contribution in [-0.2, 0) is 0 Å². The summed E-state index contributed by atoms with van der Waals surface area (Å²) in [6, 6.07) is 1.28. The van der Waals surface area contributed by atoms with Crippen molar-refractivity contribution in [3.8, 4) is 0 Å². The van der Waals surface area contributed by atoms with Crippen LogP contribution in [0.2, 0.25) is 0 Å². The number of aromatic nitrogens is 1. The molecule has 2 aliphatic heterocycles. The van der Waals surface area contributed by atoms with Crippen LogP contribution in [-0.4, -0.2) is 35.6 Å². The van der Waals surface area contributed by atoms with E-state index in [1.54, 1.807) is 0 Å². The number of hydrogen-bond acceptors (Lipinski definition) is 4. The Morgan fingerprint density at radius 2 is 2.21 bits per heavy atom. The van der Waals surface area contributed by atoms with Crippen LogP contribution >= 0.6 is 11.3 Å². The van der Waals surface area contributed by atoms with Crippen molar-refractivity contribution in [2.24, 2.45) is 11.8 Å². The lowest BCUT2D eigenvalue weighted by molar-refractivity contribution is 0.167. The van der Waals surface area contributed by atoms with Crippen LogP contribution in [0.3, 0.4) is 0 Å². The fourth-order valence-corrected chi connectivity index (χ4v) is 5.12. The summed E-state index contributed by atoms with van der Waals surface area (Å²) >= 11 is 1.88. The molecule has 0 saturated carbocycles. The smallest absolute Gasteiger partial charge is 0.0900 e. The standard InChI is InChI=1S/C15H25N3S/c1-5-14-13-7-16-6-12(13)8-18(14)10(3)15-9(2)17-11(4)19-15/h10,12-14,16H,5-8H2,1-4H3. The molecule has 0 bridgehead atoms. The normalized spacial score (nSPS) is 32.7. The first kappa shape index (κ1) is 13.5. The van der Waals surface area contributed by atoms with E-state index in [1.165, 1.54) is 41.6 Å². The van der Waals surface area contributed by atoms with E-state index >= 15 is 0 Å². The lowest BCUT2D eigenvalue weighted by Gasteiger charge is -2.32. The molecule has 4 atom stereocenters. The van der Waals surface area contributed by atoms with E-state index in [2.05, 4.69) is 42.9 Å². The van der Waals surface area contributed by atoms with Crippen LogP contribution in [0.1, 0.15) is 41.9 Å². The van der Waals surface area contributed by atoms with Crippen molar-refractivity contribution in [3.05, 3.63) is 15.6 Å². The largest absolute Gasteiger partial charge is 0.316 e. The maximum Gasteiger partial charge on any atom is 0.0900 e. The zero-order valence-electron chi connectivity index (χ0n) is 12.4. The SMILES string of the molecule is CCC1C2CNCC2CN1C(C)c1sc(C)nc1C. The predicted molar refractivity (Wildman–Crippen MR) is 80.6 cm³/mol. The molecule has 19 heavy (non-hydrogen) atoms. The van der Waals surface area contributed by atoms with Gasteiger partial charge >= 0.3 is 0 Å². The van der Waals surface area contributed by atoms with Crippen molar-refractivity contribution in [2.75, 3.05) is 19.6 Å². The number of hydrogen-bond donors (Lipinski definition) is 1. The second-order valence-electron chi connectivity index (χ2n) is 6.11. The van der Waals surface area contributed by atoms with Gasteiger partial charge in [0.2, 0.25) is 0 Å². The summed E-state index contributed by atoms with van der Waals surface area (Å²) in [5, 5.41) is 4.77. The molecule has 4 heteroatoms. The highest BCUT2D eigenvalue weighted by atomic mass is 32.1. The minimum Gasteiger partial charge on any atom is -0.316 e. The van der Waals surface area contributed by atoms with Gasteiger partial charge in [-0.05, 0) is 52.1 Å². The quantitative estimate of drug-likeness (QED) is 0.922. The van der Waals surface area contributed by atoms with Gasteiger partial charge < -0.3 is 5.32 Å². The van der Waals surface area contributed by atoms with E-state index in [1.807, 2.05) is 11.3 Å². The van der Waals surface area contributed by atoms with Gasteiger partial charge in [-0.25, -0.2) is 4.98 Å². The van der Waals surface area contributed by atoms with Crippen LogP contribution in [0.4, 0.5) is 0 Å². The Morgan fingerprint density at radius 3 is 2.84 bits per heavy atom. The first-order chi connectivity index (χ1) is 9.11. The summed E-state index contributed by atoms with van der Waals surface area (Å²) in [7, 11) is 0. The molecule has 0 amide bonds. The topological polar surface area (TPSA) is 28.2 Å². The van der Waals surface area contributed by atoms with Crippen molar-refractivity contribution >= 4 is 11.3 Å². The number of nitrogens with one attached hydrogen (secondary N) is 1. The average molecular weight is 279 g/mol. The summed E-state index contributed by atoms with van der Waals surface area (Å²) in [5.74, 6) is 1.73. The number of likely N-dealkylation sites (tertiary alicyclic amines) is 1. The molecule has 3 heterocycles. The number of aryl methyl sites for hydroxylation is 2. The lowest BCUT2D eigenvalue weighted by atomic mass is 9.92. The Balaban J connectivity index is 1.83. The van der Waals surface area contributed by atoms with Crippen molar-refractivity contribution in [2.45, 2.75) is 46.2 Å². The van der Waals surface area contributed by atoms with Crippen molar-refractivity contribution in [3.63, 3.8) is 0 Å². The summed E-state index contributed by atoms with van der Waals surface area (Å²) in [5.41, 5.74) is 1.24. The van der Waals surface area contributed by atoms with E-state index in [0.29, 0.717) is 6.04 Å². The van der Waals surface area contributed by atoms with Crippen LogP contribution in [0.5, 0.6) is 0 Å². The minimum atomic E-state index is 0.529. The molecule has 2 aliphatic rings. The molecule has 1 aromatic heterocycles. The maximum absolute atomic E-state index is 4.61. The second-order valence-corrected chi connectivity index (χ2v) is 7.35. The molecular formula is C15H25N3S. The monoisotopic (exact) mass is 279 g/mol. The summed E-state index contributed by atoms with van der Waals surface area (Å²) in [6.45, 7) is 12.7. The van der Waals surface area contributed by atoms with Crippen LogP contribution in [0, 0.1) is 25.7 Å². The van der Waals surface area contributed by atoms with Crippen molar-refractivity contribution < 1.29 is 0 Å². The van der Waals surface area contributed by atoms with Gasteiger partial charge in [0.05, 0.1) is 10.7 Å². The summed E-state index contributed by atoms with van der Waals surface area (Å²) in [6.07, 6.45) is 1.27. The third kappa shape index (κ3) is 2.24. The van der Waals surface area contributed by atoms with Crippen molar-refractivity contribution in [1.29, 1.82) is 0 Å². The van der Waals surface area contributed by atoms with E-state index in [4.69, 9.17) is 0 Å². The molecule has 0 aliphatic carbocycles. The molecule has 2 fully saturated rings. The molecule has 0 radical (unpaired) electrons. The molecule has 0 aromatic carbocycles. The van der Waals surface area contributed by atoms with Gasteiger partial charge in [0.15, 0.2) is 0 Å². The second kappa shape index (κ2) is 5.15. The van der Waals surface area contributed by atoms with Crippen LogP contribution < -0.4 is 5.32 Å². The Kier molecular flexibility index (Phi) is 3.67. The zero-order chi connectivity index (χ0) is 13.6. The van der Waals surface area contributed by atoms with Crippen LogP contribution in [0.25, 0.3) is 0 Å². The number of fused-ring (bicyclic) bond motifs is 1. The summed E-state index contributed by atoms with van der Waals surface area (Å²) in [4.78, 5) is 8.83. The molecule has 1 aromatic rings. The lowest BCUT2D eigenvalue weighted by Crippen LogP contribution is -2.36. The first-order valence-electron chi connectivity index (χ1n) is 7.52. The van der Waals surface area contributed by atoms with Crippen LogP contribution in [0.15, 0.2) is 0 Å². The number of rotatable bonds is 3. The predicted octanol–water partition coefficient (Wildman–Crippen LogP) is 2.75. The molecule has 3 nitrogen and oxygen atoms in total. The Hall–Kier alpha value is -0.450. The molecular weight excluding hydrogens is 254 g/mol. The van der Waals surface area contributed by atoms with E-state index in [-0.39, 0.29) is 0 Å². The molecule has 3 rings (SSSR count). The Bertz CT molecular complexity index is 456. The highest BCUT2D eigenvalue weighted by Crippen LogP contribution is 2.41. The third-order valence-electron chi connectivity index (χ3n) is 4.99. The number of thiazole rings is 1. The first-order valence-corrected chi connectivity index (χ1v) is 8.33. The minimum absolute atomic E-state index is 0.529. The van der Waals surface area contributed by atoms with E-state index in [9.17, 15) is 0 Å². The van der Waals surface area contributed by atoms with Gasteiger partial charge in [0.1, 0.15) is 0 Å². The highest BCUT2D eigenvalue weighted by Gasteiger charge is 2.45. The van der Waals surface area contributed by atoms with Gasteiger partial charge in [-0.15, -0.1) is 11.3 Å². The fourth-order valence-electron chi connectivity index (χ4n) is 4.12. The average Bonchev–Trinajstić information content (AvgIpc) is 3.01. The number of nitrogens with zero attached hydrogens (tertiary/aromatic N) is 2. The van der Waals surface area contributed by atoms with E-state index < -0.39 is 0 Å². The maximum atomic E-state index is 4.61. The fraction of sp³-hybridized carbons (Fsp3) is 0.800. The molecule has 4 unspecified atom stereocenters.